The summed E-state index contributed by atoms with van der Waals surface area (Å²) < 4.78 is 35.2. The summed E-state index contributed by atoms with van der Waals surface area (Å²) in [6.45, 7) is -0.940. The average molecular weight is 448 g/mol. The maximum atomic E-state index is 11.6. The number of aliphatic hydroxyl groups is 2. The van der Waals surface area contributed by atoms with Crippen LogP contribution in [-0.4, -0.2) is 54.5 Å². The first kappa shape index (κ1) is 27.8. The molecule has 0 amide bonds. The van der Waals surface area contributed by atoms with E-state index in [4.69, 9.17) is 14.5 Å². The number of hydrogen-bond acceptors (Lipinski definition) is 11. The van der Waals surface area contributed by atoms with Crippen molar-refractivity contribution in [3.63, 3.8) is 0 Å². The van der Waals surface area contributed by atoms with Crippen molar-refractivity contribution < 1.29 is 112 Å². The quantitative estimate of drug-likeness (QED) is 0.235. The minimum atomic E-state index is -5.57. The zero-order chi connectivity index (χ0) is 19.0. The molecule has 1 aliphatic rings. The molecule has 6 atom stereocenters. The third kappa shape index (κ3) is 7.87. The van der Waals surface area contributed by atoms with Gasteiger partial charge in [-0.05, 0) is 11.9 Å². The van der Waals surface area contributed by atoms with E-state index >= 15 is 0 Å². The molecule has 0 aromatic carbocycles. The predicted molar refractivity (Wildman–Crippen MR) is 70.6 cm³/mol. The molecule has 14 nitrogen and oxygen atoms in total. The van der Waals surface area contributed by atoms with Gasteiger partial charge in [0.05, 0.1) is 6.61 Å². The Hall–Kier alpha value is 0.820. The van der Waals surface area contributed by atoms with Crippen molar-refractivity contribution >= 4 is 15.6 Å². The molecule has 1 aromatic rings. The smallest absolute Gasteiger partial charge is 0.858 e. The summed E-state index contributed by atoms with van der Waals surface area (Å²) in [6.07, 6.45) is -5.43. The van der Waals surface area contributed by atoms with E-state index in [1.54, 1.807) is 0 Å². The molecule has 27 heavy (non-hydrogen) atoms. The molecule has 0 spiro atoms. The molecule has 0 aliphatic carbocycles. The first-order valence-corrected chi connectivity index (χ1v) is 9.39. The number of ether oxygens (including phenoxy) is 1. The van der Waals surface area contributed by atoms with Gasteiger partial charge in [0.1, 0.15) is 18.3 Å². The monoisotopic (exact) mass is 448 g/mol. The van der Waals surface area contributed by atoms with Crippen molar-refractivity contribution in [2.45, 2.75) is 24.5 Å². The third-order valence-electron chi connectivity index (χ3n) is 3.02. The summed E-state index contributed by atoms with van der Waals surface area (Å²) in [7, 11) is -10.8. The summed E-state index contributed by atoms with van der Waals surface area (Å²) in [5.74, 6) is -0.835. The fourth-order valence-electron chi connectivity index (χ4n) is 2.01. The van der Waals surface area contributed by atoms with Crippen LogP contribution in [0.5, 0.6) is 5.88 Å². The molecule has 6 unspecified atom stereocenters. The number of aliphatic hydroxyl groups excluding tert-OH is 2. The largest absolute Gasteiger partial charge is 1.00 e. The Morgan fingerprint density at radius 1 is 1.26 bits per heavy atom. The van der Waals surface area contributed by atoms with E-state index in [1.165, 1.54) is 0 Å². The Morgan fingerprint density at radius 3 is 2.37 bits per heavy atom. The topological polar surface area (TPSA) is 224 Å². The normalized spacial score (nSPS) is 29.1. The van der Waals surface area contributed by atoms with Crippen LogP contribution in [0, 0.1) is 0 Å². The van der Waals surface area contributed by atoms with Gasteiger partial charge < -0.3 is 34.7 Å². The Labute approximate surface area is 195 Å². The maximum Gasteiger partial charge on any atom is 1.00 e. The van der Waals surface area contributed by atoms with Crippen molar-refractivity contribution in [2.24, 2.45) is 0 Å². The number of aromatic nitrogens is 2. The van der Waals surface area contributed by atoms with Crippen LogP contribution in [0.1, 0.15) is 6.23 Å². The predicted octanol–water partition coefficient (Wildman–Crippen LogP) is -9.46. The van der Waals surface area contributed by atoms with Gasteiger partial charge in [-0.3, -0.25) is 13.7 Å². The summed E-state index contributed by atoms with van der Waals surface area (Å²) >= 11 is 0. The zero-order valence-corrected chi connectivity index (χ0v) is 19.8. The molecule has 2 heterocycles. The Kier molecular flexibility index (Phi) is 11.1. The van der Waals surface area contributed by atoms with Crippen molar-refractivity contribution in [2.75, 3.05) is 6.61 Å². The van der Waals surface area contributed by atoms with Crippen LogP contribution in [0.25, 0.3) is 0 Å². The Bertz CT molecular complexity index is 786. The molecule has 1 aromatic heterocycles. The maximum absolute atomic E-state index is 11.6. The van der Waals surface area contributed by atoms with E-state index < -0.39 is 58.4 Å². The van der Waals surface area contributed by atoms with E-state index in [-0.39, 0.29) is 59.1 Å². The van der Waals surface area contributed by atoms with Gasteiger partial charge in [-0.25, -0.2) is 18.7 Å². The number of rotatable bonds is 6. The summed E-state index contributed by atoms with van der Waals surface area (Å²) in [4.78, 5) is 42.6. The van der Waals surface area contributed by atoms with Crippen molar-refractivity contribution in [1.29, 1.82) is 0 Å². The molecule has 2 rings (SSSR count). The molecule has 0 radical (unpaired) electrons. The molecule has 4 N–H and O–H groups in total. The van der Waals surface area contributed by atoms with Crippen molar-refractivity contribution in [3.8, 4) is 5.88 Å². The van der Waals surface area contributed by atoms with E-state index in [1.807, 2.05) is 0 Å². The fraction of sp³-hybridized carbons (Fsp3) is 0.556. The van der Waals surface area contributed by atoms with Gasteiger partial charge in [0.25, 0.3) is 7.82 Å². The second-order valence-electron chi connectivity index (χ2n) is 4.82. The molecule has 0 saturated carbocycles. The van der Waals surface area contributed by atoms with Gasteiger partial charge in [0.2, 0.25) is 0 Å². The third-order valence-corrected chi connectivity index (χ3v) is 5.15. The molecule has 0 bridgehead atoms. The minimum Gasteiger partial charge on any atom is -0.858 e. The van der Waals surface area contributed by atoms with Gasteiger partial charge in [0, 0.05) is 6.20 Å². The number of phosphoric ester groups is 1. The van der Waals surface area contributed by atoms with Gasteiger partial charge in [-0.2, -0.15) is 0 Å². The molecule has 18 heteroatoms. The molecule has 1 saturated heterocycles. The van der Waals surface area contributed by atoms with E-state index in [0.29, 0.717) is 4.57 Å². The average Bonchev–Trinajstić information content (AvgIpc) is 2.71. The minimum absolute atomic E-state index is 0. The first-order valence-electron chi connectivity index (χ1n) is 6.40. The van der Waals surface area contributed by atoms with E-state index in [0.717, 1.165) is 12.3 Å². The van der Waals surface area contributed by atoms with Crippen LogP contribution in [0.15, 0.2) is 17.1 Å². The summed E-state index contributed by atoms with van der Waals surface area (Å²) in [5.41, 5.74) is -1.07. The Balaban J connectivity index is 0.00000338. The fourth-order valence-corrected chi connectivity index (χ4v) is 3.58. The number of hydrogen-bond donors (Lipinski definition) is 4. The first-order chi connectivity index (χ1) is 11.4. The molecule has 1 aliphatic heterocycles. The van der Waals surface area contributed by atoms with E-state index in [9.17, 15) is 34.1 Å². The number of nitrogens with zero attached hydrogens (tertiary/aromatic N) is 2. The van der Waals surface area contributed by atoms with Crippen LogP contribution in [-0.2, 0) is 22.7 Å². The van der Waals surface area contributed by atoms with Crippen LogP contribution in [0.2, 0.25) is 0 Å². The zero-order valence-electron chi connectivity index (χ0n) is 14.0. The second-order valence-corrected chi connectivity index (χ2v) is 7.60. The van der Waals surface area contributed by atoms with Gasteiger partial charge in [-0.1, -0.05) is 0 Å². The van der Waals surface area contributed by atoms with Gasteiger partial charge >= 0.3 is 72.6 Å². The SMILES string of the molecule is O=c1nc([O-])ccn1C1OC(COP(=O)(O)OP(=O)([O-])O)C(O)C1O.[Na+].[Na+]. The van der Waals surface area contributed by atoms with Crippen LogP contribution >= 0.6 is 15.6 Å². The summed E-state index contributed by atoms with van der Waals surface area (Å²) in [6, 6.07) is 0.899. The molecular formula is C9H12N2Na2O12P2. The van der Waals surface area contributed by atoms with Crippen LogP contribution in [0.3, 0.4) is 0 Å². The van der Waals surface area contributed by atoms with Gasteiger partial charge in [-0.15, -0.1) is 0 Å². The van der Waals surface area contributed by atoms with Crippen LogP contribution in [0.4, 0.5) is 0 Å². The van der Waals surface area contributed by atoms with Crippen molar-refractivity contribution in [1.82, 2.24) is 9.55 Å². The van der Waals surface area contributed by atoms with Gasteiger partial charge in [0.15, 0.2) is 6.23 Å². The number of phosphoric acid groups is 2. The van der Waals surface area contributed by atoms with Crippen molar-refractivity contribution in [3.05, 3.63) is 22.7 Å². The molecular weight excluding hydrogens is 436 g/mol. The summed E-state index contributed by atoms with van der Waals surface area (Å²) in [5, 5.41) is 30.7. The molecule has 142 valence electrons. The van der Waals surface area contributed by atoms with E-state index in [2.05, 4.69) is 13.8 Å². The Morgan fingerprint density at radius 2 is 1.85 bits per heavy atom. The standard InChI is InChI=1S/C9H14N2O12P2.2Na/c12-5-1-2-11(9(15)10-5)8-7(14)6(13)4(22-8)3-21-25(19,20)23-24(16,17)18;;/h1-2,4,6-8,13-14H,3H2,(H,19,20)(H,10,12,15)(H2,16,17,18);;/q;2*+1/p-2. The second kappa shape index (κ2) is 10.7. The van der Waals surface area contributed by atoms with Crippen LogP contribution < -0.4 is 74.8 Å². The molecule has 1 fully saturated rings.